The van der Waals surface area contributed by atoms with E-state index in [1.54, 1.807) is 42.5 Å². The molecule has 0 N–H and O–H groups in total. The van der Waals surface area contributed by atoms with Crippen molar-refractivity contribution < 1.29 is 19.1 Å². The Morgan fingerprint density at radius 3 is 2.91 bits per heavy atom. The van der Waals surface area contributed by atoms with Gasteiger partial charge in [-0.2, -0.15) is 4.99 Å². The summed E-state index contributed by atoms with van der Waals surface area (Å²) < 4.78 is 4.97. The van der Waals surface area contributed by atoms with Crippen molar-refractivity contribution in [1.82, 2.24) is 4.90 Å². The summed E-state index contributed by atoms with van der Waals surface area (Å²) in [6, 6.07) is 0. The molecule has 2 aliphatic heterocycles. The largest absolute Gasteiger partial charge is 0.462 e. The molecule has 3 rings (SSSR count). The van der Waals surface area contributed by atoms with Crippen molar-refractivity contribution in [3.8, 4) is 0 Å². The highest BCUT2D eigenvalue weighted by Crippen LogP contribution is 2.48. The molecule has 3 aliphatic rings. The van der Waals surface area contributed by atoms with Crippen molar-refractivity contribution in [2.45, 2.75) is 18.9 Å². The highest BCUT2D eigenvalue weighted by molar-refractivity contribution is 8.02. The number of fused-ring (bicyclic) bond motifs is 2. The van der Waals surface area contributed by atoms with E-state index in [0.717, 1.165) is 0 Å². The molecular weight excluding hydrogens is 304 g/mol. The molecule has 0 saturated carbocycles. The summed E-state index contributed by atoms with van der Waals surface area (Å²) in [5.41, 5.74) is -1.25. The van der Waals surface area contributed by atoms with Crippen LogP contribution in [-0.2, 0) is 19.1 Å². The van der Waals surface area contributed by atoms with Crippen LogP contribution in [0.5, 0.6) is 0 Å². The molecule has 1 aliphatic carbocycles. The van der Waals surface area contributed by atoms with Gasteiger partial charge in [-0.15, -0.1) is 11.8 Å². The fraction of sp³-hybridized carbons (Fsp3) is 0.333. The first-order chi connectivity index (χ1) is 10.6. The lowest BCUT2D eigenvalue weighted by molar-refractivity contribution is -0.140. The number of amidine groups is 1. The van der Waals surface area contributed by atoms with Crippen LogP contribution in [-0.4, -0.2) is 46.8 Å². The molecule has 1 spiro atoms. The minimum absolute atomic E-state index is 0.0258. The second kappa shape index (κ2) is 5.24. The number of hydrogen-bond acceptors (Lipinski definition) is 6. The number of Topliss-reactive ketones (excluding diaryl/α,β-unsaturated/α-hetero) is 1. The van der Waals surface area contributed by atoms with Gasteiger partial charge in [-0.05, 0) is 25.3 Å². The van der Waals surface area contributed by atoms with Gasteiger partial charge in [0.15, 0.2) is 11.3 Å². The van der Waals surface area contributed by atoms with Gasteiger partial charge in [0.2, 0.25) is 0 Å². The van der Waals surface area contributed by atoms with E-state index in [-0.39, 0.29) is 24.4 Å². The molecule has 0 unspecified atom stereocenters. The smallest absolute Gasteiger partial charge is 0.342 e. The number of allylic oxidation sites excluding steroid dienone is 2. The third-order valence-corrected chi connectivity index (χ3v) is 4.75. The number of thioether (sulfide) groups is 1. The average Bonchev–Trinajstić information content (AvgIpc) is 2.95. The van der Waals surface area contributed by atoms with Gasteiger partial charge in [-0.1, -0.05) is 6.08 Å². The summed E-state index contributed by atoms with van der Waals surface area (Å²) in [5.74, 6) is -0.991. The Kier molecular flexibility index (Phi) is 3.52. The van der Waals surface area contributed by atoms with Gasteiger partial charge in [-0.3, -0.25) is 9.59 Å². The lowest BCUT2D eigenvalue weighted by Crippen LogP contribution is -2.48. The van der Waals surface area contributed by atoms with Crippen LogP contribution in [0.4, 0.5) is 0 Å². The summed E-state index contributed by atoms with van der Waals surface area (Å²) in [4.78, 5) is 43.2. The second-order valence-electron chi connectivity index (χ2n) is 4.93. The maximum atomic E-state index is 12.6. The van der Waals surface area contributed by atoms with E-state index in [1.165, 1.54) is 11.8 Å². The zero-order chi connectivity index (χ0) is 15.9. The molecule has 0 bridgehead atoms. The molecule has 2 heterocycles. The average molecular weight is 318 g/mol. The molecule has 0 fully saturated rings. The van der Waals surface area contributed by atoms with Crippen molar-refractivity contribution in [3.05, 3.63) is 34.9 Å². The number of esters is 1. The molecule has 7 heteroatoms. The fourth-order valence-corrected chi connectivity index (χ4v) is 3.93. The molecule has 0 aromatic heterocycles. The van der Waals surface area contributed by atoms with Crippen molar-refractivity contribution in [2.24, 2.45) is 4.99 Å². The van der Waals surface area contributed by atoms with Crippen LogP contribution in [0.15, 0.2) is 39.9 Å². The number of carbonyl (C=O) groups excluding carboxylic acids is 3. The fourth-order valence-electron chi connectivity index (χ4n) is 2.93. The monoisotopic (exact) mass is 318 g/mol. The van der Waals surface area contributed by atoms with E-state index in [2.05, 4.69) is 4.99 Å². The minimum atomic E-state index is -1.23. The van der Waals surface area contributed by atoms with Gasteiger partial charge < -0.3 is 9.64 Å². The number of aliphatic imine (C=N–C) groups is 1. The van der Waals surface area contributed by atoms with E-state index in [4.69, 9.17) is 4.74 Å². The standard InChI is InChI=1S/C15H14N2O4S/c1-3-21-13(19)11-9(18)8-15(12(11)22-2)14(20)16-10-6-4-5-7-17(10)15/h4-7H,3,8H2,1-2H3/t15-/m0/s1. The number of amides is 1. The molecule has 114 valence electrons. The number of carbonyl (C=O) groups is 3. The zero-order valence-corrected chi connectivity index (χ0v) is 13.0. The van der Waals surface area contributed by atoms with E-state index in [9.17, 15) is 14.4 Å². The van der Waals surface area contributed by atoms with Crippen LogP contribution < -0.4 is 0 Å². The van der Waals surface area contributed by atoms with Crippen molar-refractivity contribution in [3.63, 3.8) is 0 Å². The molecule has 1 amide bonds. The molecule has 0 aromatic rings. The van der Waals surface area contributed by atoms with E-state index in [0.29, 0.717) is 10.7 Å². The van der Waals surface area contributed by atoms with Gasteiger partial charge in [0.25, 0.3) is 5.91 Å². The van der Waals surface area contributed by atoms with Crippen LogP contribution in [0.25, 0.3) is 0 Å². The quantitative estimate of drug-likeness (QED) is 0.575. The summed E-state index contributed by atoms with van der Waals surface area (Å²) >= 11 is 1.22. The number of rotatable bonds is 3. The van der Waals surface area contributed by atoms with Gasteiger partial charge >= 0.3 is 5.97 Å². The van der Waals surface area contributed by atoms with E-state index in [1.807, 2.05) is 0 Å². The van der Waals surface area contributed by atoms with Crippen LogP contribution in [0.3, 0.4) is 0 Å². The zero-order valence-electron chi connectivity index (χ0n) is 12.2. The minimum Gasteiger partial charge on any atom is -0.462 e. The first-order valence-corrected chi connectivity index (χ1v) is 8.05. The van der Waals surface area contributed by atoms with Gasteiger partial charge in [-0.25, -0.2) is 4.79 Å². The summed E-state index contributed by atoms with van der Waals surface area (Å²) in [7, 11) is 0. The molecule has 0 aromatic carbocycles. The van der Waals surface area contributed by atoms with Crippen molar-refractivity contribution in [1.29, 1.82) is 0 Å². The summed E-state index contributed by atoms with van der Waals surface area (Å²) in [6.45, 7) is 1.85. The van der Waals surface area contributed by atoms with Crippen LogP contribution in [0.2, 0.25) is 0 Å². The Labute approximate surface area is 131 Å². The lowest BCUT2D eigenvalue weighted by Gasteiger charge is -2.34. The van der Waals surface area contributed by atoms with E-state index >= 15 is 0 Å². The van der Waals surface area contributed by atoms with Crippen LogP contribution >= 0.6 is 11.8 Å². The molecule has 0 saturated heterocycles. The molecule has 1 atom stereocenters. The number of ether oxygens (including phenoxy) is 1. The van der Waals surface area contributed by atoms with Gasteiger partial charge in [0.05, 0.1) is 6.61 Å². The highest BCUT2D eigenvalue weighted by Gasteiger charge is 2.59. The first kappa shape index (κ1) is 14.8. The number of ketones is 1. The van der Waals surface area contributed by atoms with Crippen LogP contribution in [0, 0.1) is 0 Å². The Balaban J connectivity index is 2.14. The molecule has 6 nitrogen and oxygen atoms in total. The van der Waals surface area contributed by atoms with Crippen molar-refractivity contribution in [2.75, 3.05) is 12.9 Å². The maximum absolute atomic E-state index is 12.6. The third kappa shape index (κ3) is 1.81. The maximum Gasteiger partial charge on any atom is 0.342 e. The Hall–Kier alpha value is -2.15. The summed E-state index contributed by atoms with van der Waals surface area (Å²) in [6.07, 6.45) is 8.60. The number of nitrogens with zero attached hydrogens (tertiary/aromatic N) is 2. The Morgan fingerprint density at radius 1 is 1.45 bits per heavy atom. The summed E-state index contributed by atoms with van der Waals surface area (Å²) in [5, 5.41) is 0. The second-order valence-corrected chi connectivity index (χ2v) is 5.75. The predicted octanol–water partition coefficient (Wildman–Crippen LogP) is 1.20. The molecular formula is C15H14N2O4S. The molecule has 22 heavy (non-hydrogen) atoms. The highest BCUT2D eigenvalue weighted by atomic mass is 32.2. The topological polar surface area (TPSA) is 76.0 Å². The van der Waals surface area contributed by atoms with Gasteiger partial charge in [0.1, 0.15) is 11.4 Å². The van der Waals surface area contributed by atoms with Gasteiger partial charge in [0, 0.05) is 17.5 Å². The third-order valence-electron chi connectivity index (χ3n) is 3.80. The van der Waals surface area contributed by atoms with E-state index < -0.39 is 17.4 Å². The van der Waals surface area contributed by atoms with Crippen LogP contribution in [0.1, 0.15) is 13.3 Å². The Bertz CT molecular complexity index is 704. The molecule has 0 radical (unpaired) electrons. The van der Waals surface area contributed by atoms with Crippen molar-refractivity contribution >= 4 is 35.3 Å². The Morgan fingerprint density at radius 2 is 2.23 bits per heavy atom. The SMILES string of the molecule is CCOC(=O)C1=C(SC)[C@@]2(CC1=O)C(=O)N=C1C=CC=CN12. The number of hydrogen-bond donors (Lipinski definition) is 0. The first-order valence-electron chi connectivity index (χ1n) is 6.82. The lowest BCUT2D eigenvalue weighted by atomic mass is 9.96. The normalized spacial score (nSPS) is 26.1. The predicted molar refractivity (Wildman–Crippen MR) is 82.1 cm³/mol.